The number of ether oxygens (including phenoxy) is 4. The Labute approximate surface area is 124 Å². The zero-order valence-corrected chi connectivity index (χ0v) is 13.5. The second-order valence-corrected chi connectivity index (χ2v) is 4.72. The van der Waals surface area contributed by atoms with E-state index < -0.39 is 0 Å². The second-order valence-electron chi connectivity index (χ2n) is 4.72. The van der Waals surface area contributed by atoms with Crippen LogP contribution in [-0.2, 0) is 18.9 Å². The molecule has 0 bridgehead atoms. The highest BCUT2D eigenvalue weighted by molar-refractivity contribution is 4.56. The van der Waals surface area contributed by atoms with Gasteiger partial charge in [-0.2, -0.15) is 0 Å². The molecule has 1 unspecified atom stereocenters. The van der Waals surface area contributed by atoms with Gasteiger partial charge in [0.2, 0.25) is 0 Å². The van der Waals surface area contributed by atoms with E-state index in [-0.39, 0.29) is 0 Å². The summed E-state index contributed by atoms with van der Waals surface area (Å²) < 4.78 is 21.7. The van der Waals surface area contributed by atoms with Crippen molar-refractivity contribution >= 4 is 0 Å². The molecule has 1 N–H and O–H groups in total. The third kappa shape index (κ3) is 15.9. The fourth-order valence-electron chi connectivity index (χ4n) is 1.57. The van der Waals surface area contributed by atoms with Crippen molar-refractivity contribution in [3.8, 4) is 0 Å². The molecule has 20 heavy (non-hydrogen) atoms. The first-order chi connectivity index (χ1) is 9.81. The van der Waals surface area contributed by atoms with E-state index in [1.54, 1.807) is 0 Å². The van der Waals surface area contributed by atoms with Crippen LogP contribution in [0.15, 0.2) is 0 Å². The molecule has 1 atom stereocenters. The van der Waals surface area contributed by atoms with E-state index in [2.05, 4.69) is 26.1 Å². The molecule has 0 saturated heterocycles. The summed E-state index contributed by atoms with van der Waals surface area (Å²) in [4.78, 5) is 0. The Hall–Kier alpha value is -0.200. The molecule has 5 nitrogen and oxygen atoms in total. The topological polar surface area (TPSA) is 49.0 Å². The predicted molar refractivity (Wildman–Crippen MR) is 81.3 cm³/mol. The van der Waals surface area contributed by atoms with Gasteiger partial charge in [-0.1, -0.05) is 20.3 Å². The number of hydrogen-bond donors (Lipinski definition) is 1. The molecule has 0 aromatic heterocycles. The van der Waals surface area contributed by atoms with Crippen molar-refractivity contribution in [2.75, 3.05) is 59.4 Å². The molecule has 0 aliphatic heterocycles. The zero-order chi connectivity index (χ0) is 14.9. The summed E-state index contributed by atoms with van der Waals surface area (Å²) in [6.45, 7) is 12.7. The highest BCUT2D eigenvalue weighted by atomic mass is 16.6. The first-order valence-electron chi connectivity index (χ1n) is 7.85. The third-order valence-corrected chi connectivity index (χ3v) is 2.68. The van der Waals surface area contributed by atoms with E-state index in [0.717, 1.165) is 26.2 Å². The SMILES string of the molecule is CCCCOCCOCCOCCOCC(C)NCC. The lowest BCUT2D eigenvalue weighted by Crippen LogP contribution is -2.30. The first kappa shape index (κ1) is 19.8. The van der Waals surface area contributed by atoms with E-state index in [0.29, 0.717) is 45.7 Å². The maximum atomic E-state index is 5.48. The van der Waals surface area contributed by atoms with Crippen LogP contribution in [0.2, 0.25) is 0 Å². The highest BCUT2D eigenvalue weighted by Crippen LogP contribution is 1.88. The summed E-state index contributed by atoms with van der Waals surface area (Å²) in [5, 5.41) is 3.29. The molecule has 122 valence electrons. The van der Waals surface area contributed by atoms with Gasteiger partial charge < -0.3 is 24.3 Å². The molecule has 0 aromatic carbocycles. The quantitative estimate of drug-likeness (QED) is 0.440. The lowest BCUT2D eigenvalue weighted by atomic mass is 10.3. The van der Waals surface area contributed by atoms with Crippen molar-refractivity contribution in [3.05, 3.63) is 0 Å². The largest absolute Gasteiger partial charge is 0.379 e. The summed E-state index contributed by atoms with van der Waals surface area (Å²) >= 11 is 0. The van der Waals surface area contributed by atoms with Gasteiger partial charge in [0.25, 0.3) is 0 Å². The van der Waals surface area contributed by atoms with Crippen LogP contribution in [0, 0.1) is 0 Å². The summed E-state index contributed by atoms with van der Waals surface area (Å²) in [5.74, 6) is 0. The van der Waals surface area contributed by atoms with E-state index >= 15 is 0 Å². The molecule has 0 spiro atoms. The fourth-order valence-corrected chi connectivity index (χ4v) is 1.57. The Morgan fingerprint density at radius 1 is 0.750 bits per heavy atom. The lowest BCUT2D eigenvalue weighted by Gasteiger charge is -2.12. The molecule has 0 saturated carbocycles. The minimum Gasteiger partial charge on any atom is -0.379 e. The Morgan fingerprint density at radius 3 is 1.75 bits per heavy atom. The molecule has 0 radical (unpaired) electrons. The van der Waals surface area contributed by atoms with Gasteiger partial charge in [-0.05, 0) is 19.9 Å². The minimum absolute atomic E-state index is 0.399. The Kier molecular flexibility index (Phi) is 16.7. The maximum Gasteiger partial charge on any atom is 0.0701 e. The van der Waals surface area contributed by atoms with Gasteiger partial charge in [0.05, 0.1) is 46.2 Å². The van der Waals surface area contributed by atoms with Crippen molar-refractivity contribution in [2.45, 2.75) is 39.7 Å². The third-order valence-electron chi connectivity index (χ3n) is 2.68. The second kappa shape index (κ2) is 16.9. The van der Waals surface area contributed by atoms with Gasteiger partial charge in [0.1, 0.15) is 0 Å². The molecule has 0 fully saturated rings. The Bertz CT molecular complexity index is 181. The van der Waals surface area contributed by atoms with E-state index in [1.807, 2.05) is 0 Å². The summed E-state index contributed by atoms with van der Waals surface area (Å²) in [5.41, 5.74) is 0. The van der Waals surface area contributed by atoms with Crippen molar-refractivity contribution < 1.29 is 18.9 Å². The number of hydrogen-bond acceptors (Lipinski definition) is 5. The smallest absolute Gasteiger partial charge is 0.0701 e. The van der Waals surface area contributed by atoms with Crippen LogP contribution < -0.4 is 5.32 Å². The van der Waals surface area contributed by atoms with E-state index in [4.69, 9.17) is 18.9 Å². The lowest BCUT2D eigenvalue weighted by molar-refractivity contribution is -0.00377. The van der Waals surface area contributed by atoms with Gasteiger partial charge in [0.15, 0.2) is 0 Å². The first-order valence-corrected chi connectivity index (χ1v) is 7.85. The summed E-state index contributed by atoms with van der Waals surface area (Å²) in [6.07, 6.45) is 2.29. The van der Waals surface area contributed by atoms with Crippen molar-refractivity contribution in [1.29, 1.82) is 0 Å². The van der Waals surface area contributed by atoms with Gasteiger partial charge in [-0.15, -0.1) is 0 Å². The van der Waals surface area contributed by atoms with Crippen LogP contribution in [0.3, 0.4) is 0 Å². The predicted octanol–water partition coefficient (Wildman–Crippen LogP) is 1.85. The molecule has 0 rings (SSSR count). The monoisotopic (exact) mass is 291 g/mol. The van der Waals surface area contributed by atoms with Gasteiger partial charge in [-0.25, -0.2) is 0 Å². The van der Waals surface area contributed by atoms with Gasteiger partial charge >= 0.3 is 0 Å². The zero-order valence-electron chi connectivity index (χ0n) is 13.5. The Morgan fingerprint density at radius 2 is 1.25 bits per heavy atom. The number of rotatable bonds is 16. The minimum atomic E-state index is 0.399. The van der Waals surface area contributed by atoms with Gasteiger partial charge in [0, 0.05) is 12.6 Å². The van der Waals surface area contributed by atoms with Crippen LogP contribution in [-0.4, -0.2) is 65.4 Å². The molecule has 0 aliphatic rings. The standard InChI is InChI=1S/C15H33NO4/c1-4-6-7-17-8-9-18-10-11-19-12-13-20-14-15(3)16-5-2/h15-16H,4-14H2,1-3H3. The van der Waals surface area contributed by atoms with Crippen molar-refractivity contribution in [3.63, 3.8) is 0 Å². The average molecular weight is 291 g/mol. The van der Waals surface area contributed by atoms with Crippen LogP contribution in [0.1, 0.15) is 33.6 Å². The summed E-state index contributed by atoms with van der Waals surface area (Å²) in [7, 11) is 0. The normalized spacial score (nSPS) is 12.8. The highest BCUT2D eigenvalue weighted by Gasteiger charge is 1.98. The van der Waals surface area contributed by atoms with Crippen LogP contribution in [0.4, 0.5) is 0 Å². The van der Waals surface area contributed by atoms with E-state index in [1.165, 1.54) is 6.42 Å². The maximum absolute atomic E-state index is 5.48. The van der Waals surface area contributed by atoms with E-state index in [9.17, 15) is 0 Å². The molecule has 5 heteroatoms. The molecule has 0 amide bonds. The molecule has 0 aliphatic carbocycles. The summed E-state index contributed by atoms with van der Waals surface area (Å²) in [6, 6.07) is 0.399. The fraction of sp³-hybridized carbons (Fsp3) is 1.00. The number of unbranched alkanes of at least 4 members (excludes halogenated alkanes) is 1. The average Bonchev–Trinajstić information content (AvgIpc) is 2.44. The van der Waals surface area contributed by atoms with Crippen LogP contribution in [0.25, 0.3) is 0 Å². The number of nitrogens with one attached hydrogen (secondary N) is 1. The molecule has 0 aromatic rings. The van der Waals surface area contributed by atoms with Crippen LogP contribution >= 0.6 is 0 Å². The Balaban J connectivity index is 2.99. The molecular weight excluding hydrogens is 258 g/mol. The van der Waals surface area contributed by atoms with Gasteiger partial charge in [-0.3, -0.25) is 0 Å². The number of likely N-dealkylation sites (N-methyl/N-ethyl adjacent to an activating group) is 1. The molecule has 0 heterocycles. The molecular formula is C15H33NO4. The van der Waals surface area contributed by atoms with Crippen molar-refractivity contribution in [2.24, 2.45) is 0 Å². The van der Waals surface area contributed by atoms with Crippen LogP contribution in [0.5, 0.6) is 0 Å². The van der Waals surface area contributed by atoms with Crippen molar-refractivity contribution in [1.82, 2.24) is 5.32 Å².